The van der Waals surface area contributed by atoms with E-state index in [4.69, 9.17) is 16.3 Å². The molecule has 0 saturated heterocycles. The molecular formula is C14H13ClO2S. The molecule has 4 heteroatoms. The molecule has 2 aromatic rings. The molecular weight excluding hydrogens is 268 g/mol. The van der Waals surface area contributed by atoms with Gasteiger partial charge < -0.3 is 9.84 Å². The van der Waals surface area contributed by atoms with Crippen molar-refractivity contribution in [3.63, 3.8) is 0 Å². The molecule has 3 rings (SSSR count). The van der Waals surface area contributed by atoms with E-state index in [-0.39, 0.29) is 6.10 Å². The van der Waals surface area contributed by atoms with Crippen molar-refractivity contribution >= 4 is 22.9 Å². The Bertz CT molecular complexity index is 552. The van der Waals surface area contributed by atoms with Crippen LogP contribution in [0.2, 0.25) is 5.02 Å². The lowest BCUT2D eigenvalue weighted by Gasteiger charge is -2.29. The van der Waals surface area contributed by atoms with Gasteiger partial charge in [-0.1, -0.05) is 35.9 Å². The summed E-state index contributed by atoms with van der Waals surface area (Å²) in [6.07, 6.45) is -0.109. The number of benzene rings is 1. The average Bonchev–Trinajstić information content (AvgIpc) is 2.83. The van der Waals surface area contributed by atoms with Crippen LogP contribution < -0.4 is 0 Å². The Balaban J connectivity index is 1.97. The Morgan fingerprint density at radius 2 is 2.17 bits per heavy atom. The first kappa shape index (κ1) is 12.2. The molecule has 2 unspecified atom stereocenters. The van der Waals surface area contributed by atoms with E-state index in [9.17, 15) is 5.11 Å². The van der Waals surface area contributed by atoms with Gasteiger partial charge >= 0.3 is 0 Å². The van der Waals surface area contributed by atoms with Gasteiger partial charge in [-0.05, 0) is 29.0 Å². The fourth-order valence-corrected chi connectivity index (χ4v) is 3.52. The summed E-state index contributed by atoms with van der Waals surface area (Å²) in [6.45, 7) is 0.641. The highest BCUT2D eigenvalue weighted by Crippen LogP contribution is 2.41. The zero-order valence-electron chi connectivity index (χ0n) is 9.67. The van der Waals surface area contributed by atoms with Crippen LogP contribution in [0.1, 0.15) is 28.2 Å². The molecule has 0 fully saturated rings. The first-order valence-corrected chi connectivity index (χ1v) is 7.13. The lowest BCUT2D eigenvalue weighted by Crippen LogP contribution is -2.21. The minimum atomic E-state index is -0.695. The van der Waals surface area contributed by atoms with E-state index in [1.165, 1.54) is 16.9 Å². The van der Waals surface area contributed by atoms with Crippen LogP contribution in [-0.2, 0) is 11.2 Å². The minimum absolute atomic E-state index is 0.314. The summed E-state index contributed by atoms with van der Waals surface area (Å²) in [5.74, 6) is 0. The number of rotatable bonds is 2. The molecule has 0 bridgehead atoms. The van der Waals surface area contributed by atoms with Crippen LogP contribution in [0, 0.1) is 0 Å². The summed E-state index contributed by atoms with van der Waals surface area (Å²) >= 11 is 7.54. The zero-order chi connectivity index (χ0) is 12.5. The molecule has 0 radical (unpaired) electrons. The molecule has 1 aliphatic rings. The number of hydrogen-bond acceptors (Lipinski definition) is 3. The van der Waals surface area contributed by atoms with E-state index >= 15 is 0 Å². The molecule has 94 valence electrons. The highest BCUT2D eigenvalue weighted by Gasteiger charge is 2.30. The zero-order valence-corrected chi connectivity index (χ0v) is 11.2. The predicted octanol–water partition coefficient (Wildman–Crippen LogP) is 3.75. The first-order valence-electron chi connectivity index (χ1n) is 5.87. The number of ether oxygens (including phenoxy) is 1. The lowest BCUT2D eigenvalue weighted by molar-refractivity contribution is -0.0468. The molecule has 2 heterocycles. The Labute approximate surface area is 115 Å². The van der Waals surface area contributed by atoms with Gasteiger partial charge in [0.1, 0.15) is 12.2 Å². The SMILES string of the molecule is OC(c1sccc1Cl)C1OCCc2ccccc21. The number of aliphatic hydroxyl groups is 1. The maximum absolute atomic E-state index is 10.5. The van der Waals surface area contributed by atoms with Crippen LogP contribution in [0.4, 0.5) is 0 Å². The van der Waals surface area contributed by atoms with Crippen molar-refractivity contribution in [1.82, 2.24) is 0 Å². The van der Waals surface area contributed by atoms with Crippen LogP contribution in [0.25, 0.3) is 0 Å². The third-order valence-electron chi connectivity index (χ3n) is 3.23. The maximum Gasteiger partial charge on any atom is 0.120 e. The fraction of sp³-hybridized carbons (Fsp3) is 0.286. The van der Waals surface area contributed by atoms with Crippen molar-refractivity contribution in [3.8, 4) is 0 Å². The van der Waals surface area contributed by atoms with Gasteiger partial charge in [-0.3, -0.25) is 0 Å². The van der Waals surface area contributed by atoms with Crippen LogP contribution in [0.15, 0.2) is 35.7 Å². The van der Waals surface area contributed by atoms with Gasteiger partial charge in [0, 0.05) is 0 Å². The molecule has 1 aromatic carbocycles. The third kappa shape index (κ3) is 2.08. The number of hydrogen-bond donors (Lipinski definition) is 1. The highest BCUT2D eigenvalue weighted by molar-refractivity contribution is 7.10. The highest BCUT2D eigenvalue weighted by atomic mass is 35.5. The molecule has 1 aromatic heterocycles. The molecule has 0 saturated carbocycles. The van der Waals surface area contributed by atoms with Gasteiger partial charge in [0.05, 0.1) is 16.5 Å². The summed E-state index contributed by atoms with van der Waals surface area (Å²) in [5.41, 5.74) is 2.32. The first-order chi connectivity index (χ1) is 8.77. The molecule has 2 atom stereocenters. The molecule has 0 aliphatic carbocycles. The van der Waals surface area contributed by atoms with E-state index in [0.29, 0.717) is 11.6 Å². The number of aliphatic hydroxyl groups excluding tert-OH is 1. The van der Waals surface area contributed by atoms with Crippen LogP contribution >= 0.6 is 22.9 Å². The van der Waals surface area contributed by atoms with Gasteiger partial charge in [-0.15, -0.1) is 11.3 Å². The molecule has 2 nitrogen and oxygen atoms in total. The van der Waals surface area contributed by atoms with Gasteiger partial charge in [0.25, 0.3) is 0 Å². The van der Waals surface area contributed by atoms with Crippen molar-refractivity contribution < 1.29 is 9.84 Å². The summed E-state index contributed by atoms with van der Waals surface area (Å²) < 4.78 is 5.74. The topological polar surface area (TPSA) is 29.5 Å². The van der Waals surface area contributed by atoms with Gasteiger partial charge in [0.2, 0.25) is 0 Å². The van der Waals surface area contributed by atoms with Crippen molar-refractivity contribution in [2.75, 3.05) is 6.61 Å². The predicted molar refractivity (Wildman–Crippen MR) is 73.1 cm³/mol. The second-order valence-electron chi connectivity index (χ2n) is 4.32. The summed E-state index contributed by atoms with van der Waals surface area (Å²) in [5, 5.41) is 13.0. The van der Waals surface area contributed by atoms with Gasteiger partial charge in [0.15, 0.2) is 0 Å². The summed E-state index contributed by atoms with van der Waals surface area (Å²) in [4.78, 5) is 0.776. The second-order valence-corrected chi connectivity index (χ2v) is 5.67. The van der Waals surface area contributed by atoms with E-state index in [2.05, 4.69) is 6.07 Å². The standard InChI is InChI=1S/C14H13ClO2S/c15-11-6-8-18-14(11)12(16)13-10-4-2-1-3-9(10)5-7-17-13/h1-4,6,8,12-13,16H,5,7H2. The monoisotopic (exact) mass is 280 g/mol. The Kier molecular flexibility index (Phi) is 3.39. The van der Waals surface area contributed by atoms with Crippen LogP contribution in [0.3, 0.4) is 0 Å². The Morgan fingerprint density at radius 3 is 2.94 bits per heavy atom. The van der Waals surface area contributed by atoms with E-state index in [1.807, 2.05) is 23.6 Å². The average molecular weight is 281 g/mol. The van der Waals surface area contributed by atoms with Crippen LogP contribution in [0.5, 0.6) is 0 Å². The summed E-state index contributed by atoms with van der Waals surface area (Å²) in [7, 11) is 0. The lowest BCUT2D eigenvalue weighted by atomic mass is 9.94. The van der Waals surface area contributed by atoms with Crippen molar-refractivity contribution in [1.29, 1.82) is 0 Å². The normalized spacial score (nSPS) is 20.4. The van der Waals surface area contributed by atoms with Gasteiger partial charge in [-0.25, -0.2) is 0 Å². The molecule has 18 heavy (non-hydrogen) atoms. The molecule has 0 amide bonds. The van der Waals surface area contributed by atoms with E-state index < -0.39 is 6.10 Å². The Hall–Kier alpha value is -0.870. The fourth-order valence-electron chi connectivity index (χ4n) is 2.34. The maximum atomic E-state index is 10.5. The minimum Gasteiger partial charge on any atom is -0.384 e. The van der Waals surface area contributed by atoms with Crippen molar-refractivity contribution in [3.05, 3.63) is 56.7 Å². The van der Waals surface area contributed by atoms with Crippen molar-refractivity contribution in [2.24, 2.45) is 0 Å². The Morgan fingerprint density at radius 1 is 1.33 bits per heavy atom. The van der Waals surface area contributed by atoms with Crippen molar-refractivity contribution in [2.45, 2.75) is 18.6 Å². The number of thiophene rings is 1. The largest absolute Gasteiger partial charge is 0.384 e. The van der Waals surface area contributed by atoms with Gasteiger partial charge in [-0.2, -0.15) is 0 Å². The van der Waals surface area contributed by atoms with E-state index in [1.54, 1.807) is 6.07 Å². The quantitative estimate of drug-likeness (QED) is 0.908. The number of halogens is 1. The third-order valence-corrected chi connectivity index (χ3v) is 4.66. The van der Waals surface area contributed by atoms with E-state index in [0.717, 1.165) is 16.9 Å². The smallest absolute Gasteiger partial charge is 0.120 e. The number of fused-ring (bicyclic) bond motifs is 1. The summed E-state index contributed by atoms with van der Waals surface area (Å²) in [6, 6.07) is 9.91. The molecule has 1 N–H and O–H groups in total. The molecule has 1 aliphatic heterocycles. The second kappa shape index (κ2) is 5.02. The molecule has 0 spiro atoms. The van der Waals surface area contributed by atoms with Crippen LogP contribution in [-0.4, -0.2) is 11.7 Å².